The molecule has 84 valence electrons. The number of hydrogen-bond donors (Lipinski definition) is 1. The third kappa shape index (κ3) is 3.22. The van der Waals surface area contributed by atoms with Crippen molar-refractivity contribution < 1.29 is 9.47 Å². The first-order chi connectivity index (χ1) is 7.19. The standard InChI is InChI=1S/C12H19NO2/c1-4-15-11-7-5-10(6-8-11)12(13)9(2)14-3/h5-9,12H,4,13H2,1-3H3. The molecule has 0 heterocycles. The van der Waals surface area contributed by atoms with Gasteiger partial charge in [-0.2, -0.15) is 0 Å². The lowest BCUT2D eigenvalue weighted by atomic mass is 10.0. The molecule has 0 aliphatic rings. The lowest BCUT2D eigenvalue weighted by Gasteiger charge is -2.18. The van der Waals surface area contributed by atoms with Crippen molar-refractivity contribution in [1.82, 2.24) is 0 Å². The van der Waals surface area contributed by atoms with Gasteiger partial charge in [-0.05, 0) is 31.5 Å². The molecule has 1 aromatic carbocycles. The predicted octanol–water partition coefficient (Wildman–Crippen LogP) is 2.12. The molecule has 0 amide bonds. The quantitative estimate of drug-likeness (QED) is 0.807. The van der Waals surface area contributed by atoms with Crippen molar-refractivity contribution in [2.45, 2.75) is 26.0 Å². The summed E-state index contributed by atoms with van der Waals surface area (Å²) in [7, 11) is 1.67. The van der Waals surface area contributed by atoms with Crippen molar-refractivity contribution in [1.29, 1.82) is 0 Å². The topological polar surface area (TPSA) is 44.5 Å². The fraction of sp³-hybridized carbons (Fsp3) is 0.500. The summed E-state index contributed by atoms with van der Waals surface area (Å²) in [6.07, 6.45) is 0.0166. The van der Waals surface area contributed by atoms with Crippen LogP contribution in [0.25, 0.3) is 0 Å². The SMILES string of the molecule is CCOc1ccc(C(N)C(C)OC)cc1. The van der Waals surface area contributed by atoms with Gasteiger partial charge in [0.05, 0.1) is 18.8 Å². The van der Waals surface area contributed by atoms with Crippen molar-refractivity contribution in [2.75, 3.05) is 13.7 Å². The zero-order chi connectivity index (χ0) is 11.3. The highest BCUT2D eigenvalue weighted by Gasteiger charge is 2.13. The Hall–Kier alpha value is -1.06. The Balaban J connectivity index is 2.70. The van der Waals surface area contributed by atoms with Crippen molar-refractivity contribution >= 4 is 0 Å². The van der Waals surface area contributed by atoms with E-state index < -0.39 is 0 Å². The van der Waals surface area contributed by atoms with Crippen LogP contribution >= 0.6 is 0 Å². The normalized spacial score (nSPS) is 14.7. The Morgan fingerprint density at radius 1 is 1.27 bits per heavy atom. The Bertz CT molecular complexity index is 284. The fourth-order valence-electron chi connectivity index (χ4n) is 1.37. The molecule has 0 aliphatic heterocycles. The van der Waals surface area contributed by atoms with Gasteiger partial charge in [0.25, 0.3) is 0 Å². The van der Waals surface area contributed by atoms with E-state index in [0.717, 1.165) is 11.3 Å². The van der Waals surface area contributed by atoms with Crippen molar-refractivity contribution in [3.8, 4) is 5.75 Å². The van der Waals surface area contributed by atoms with E-state index in [-0.39, 0.29) is 12.1 Å². The number of hydrogen-bond acceptors (Lipinski definition) is 3. The van der Waals surface area contributed by atoms with E-state index in [4.69, 9.17) is 15.2 Å². The third-order valence-electron chi connectivity index (χ3n) is 2.45. The number of rotatable bonds is 5. The number of methoxy groups -OCH3 is 1. The highest BCUT2D eigenvalue weighted by atomic mass is 16.5. The molecule has 0 saturated carbocycles. The highest BCUT2D eigenvalue weighted by Crippen LogP contribution is 2.19. The summed E-state index contributed by atoms with van der Waals surface area (Å²) in [6, 6.07) is 7.73. The minimum atomic E-state index is -0.0920. The molecule has 0 saturated heterocycles. The molecule has 0 spiro atoms. The van der Waals surface area contributed by atoms with Crippen LogP contribution in [0.4, 0.5) is 0 Å². The Kier molecular flexibility index (Phi) is 4.59. The summed E-state index contributed by atoms with van der Waals surface area (Å²) in [6.45, 7) is 4.60. The van der Waals surface area contributed by atoms with Gasteiger partial charge in [-0.25, -0.2) is 0 Å². The maximum Gasteiger partial charge on any atom is 0.119 e. The lowest BCUT2D eigenvalue weighted by Crippen LogP contribution is -2.25. The van der Waals surface area contributed by atoms with Gasteiger partial charge in [0.15, 0.2) is 0 Å². The average Bonchev–Trinajstić information content (AvgIpc) is 2.28. The van der Waals surface area contributed by atoms with Gasteiger partial charge >= 0.3 is 0 Å². The second-order valence-electron chi connectivity index (χ2n) is 3.47. The smallest absolute Gasteiger partial charge is 0.119 e. The molecule has 0 fully saturated rings. The highest BCUT2D eigenvalue weighted by molar-refractivity contribution is 5.29. The third-order valence-corrected chi connectivity index (χ3v) is 2.45. The molecule has 2 atom stereocenters. The molecule has 0 aromatic heterocycles. The monoisotopic (exact) mass is 209 g/mol. The van der Waals surface area contributed by atoms with Crippen LogP contribution in [0, 0.1) is 0 Å². The van der Waals surface area contributed by atoms with Crippen LogP contribution in [0.1, 0.15) is 25.5 Å². The van der Waals surface area contributed by atoms with E-state index in [2.05, 4.69) is 0 Å². The molecule has 0 aliphatic carbocycles. The largest absolute Gasteiger partial charge is 0.494 e. The maximum atomic E-state index is 6.01. The zero-order valence-corrected chi connectivity index (χ0v) is 9.57. The molecule has 1 rings (SSSR count). The van der Waals surface area contributed by atoms with Crippen LogP contribution in [0.3, 0.4) is 0 Å². The molecular weight excluding hydrogens is 190 g/mol. The summed E-state index contributed by atoms with van der Waals surface area (Å²) < 4.78 is 10.5. The van der Waals surface area contributed by atoms with Gasteiger partial charge in [-0.1, -0.05) is 12.1 Å². The number of ether oxygens (including phenoxy) is 2. The van der Waals surface area contributed by atoms with E-state index in [0.29, 0.717) is 6.61 Å². The maximum absolute atomic E-state index is 6.01. The zero-order valence-electron chi connectivity index (χ0n) is 9.57. The molecule has 15 heavy (non-hydrogen) atoms. The molecule has 2 N–H and O–H groups in total. The van der Waals surface area contributed by atoms with Gasteiger partial charge in [-0.3, -0.25) is 0 Å². The summed E-state index contributed by atoms with van der Waals surface area (Å²) in [4.78, 5) is 0. The van der Waals surface area contributed by atoms with Gasteiger partial charge in [0.1, 0.15) is 5.75 Å². The molecule has 0 radical (unpaired) electrons. The van der Waals surface area contributed by atoms with Gasteiger partial charge in [-0.15, -0.1) is 0 Å². The Morgan fingerprint density at radius 2 is 1.87 bits per heavy atom. The van der Waals surface area contributed by atoms with Gasteiger partial charge < -0.3 is 15.2 Å². The van der Waals surface area contributed by atoms with Crippen LogP contribution in [0.15, 0.2) is 24.3 Å². The molecule has 3 nitrogen and oxygen atoms in total. The Labute approximate surface area is 91.2 Å². The number of nitrogens with two attached hydrogens (primary N) is 1. The van der Waals surface area contributed by atoms with Crippen LogP contribution < -0.4 is 10.5 Å². The average molecular weight is 209 g/mol. The molecule has 2 unspecified atom stereocenters. The summed E-state index contributed by atoms with van der Waals surface area (Å²) >= 11 is 0. The summed E-state index contributed by atoms with van der Waals surface area (Å²) in [5.41, 5.74) is 7.07. The van der Waals surface area contributed by atoms with Crippen LogP contribution in [-0.2, 0) is 4.74 Å². The lowest BCUT2D eigenvalue weighted by molar-refractivity contribution is 0.0956. The van der Waals surface area contributed by atoms with Crippen LogP contribution in [0.2, 0.25) is 0 Å². The summed E-state index contributed by atoms with van der Waals surface area (Å²) in [5.74, 6) is 0.874. The second-order valence-corrected chi connectivity index (χ2v) is 3.47. The first-order valence-corrected chi connectivity index (χ1v) is 5.20. The van der Waals surface area contributed by atoms with Gasteiger partial charge in [0, 0.05) is 7.11 Å². The van der Waals surface area contributed by atoms with E-state index in [1.165, 1.54) is 0 Å². The van der Waals surface area contributed by atoms with E-state index in [9.17, 15) is 0 Å². The van der Waals surface area contributed by atoms with Crippen LogP contribution in [0.5, 0.6) is 5.75 Å². The first-order valence-electron chi connectivity index (χ1n) is 5.20. The summed E-state index contributed by atoms with van der Waals surface area (Å²) in [5, 5.41) is 0. The Morgan fingerprint density at radius 3 is 2.33 bits per heavy atom. The van der Waals surface area contributed by atoms with Gasteiger partial charge in [0.2, 0.25) is 0 Å². The van der Waals surface area contributed by atoms with E-state index >= 15 is 0 Å². The molecule has 3 heteroatoms. The molecular formula is C12H19NO2. The first kappa shape index (κ1) is 12.0. The minimum Gasteiger partial charge on any atom is -0.494 e. The van der Waals surface area contributed by atoms with E-state index in [1.807, 2.05) is 38.1 Å². The van der Waals surface area contributed by atoms with Crippen molar-refractivity contribution in [3.05, 3.63) is 29.8 Å². The van der Waals surface area contributed by atoms with Crippen molar-refractivity contribution in [3.63, 3.8) is 0 Å². The second kappa shape index (κ2) is 5.73. The minimum absolute atomic E-state index is 0.0166. The molecule has 0 bridgehead atoms. The number of benzene rings is 1. The van der Waals surface area contributed by atoms with Crippen molar-refractivity contribution in [2.24, 2.45) is 5.73 Å². The molecule has 1 aromatic rings. The van der Waals surface area contributed by atoms with Crippen LogP contribution in [-0.4, -0.2) is 19.8 Å². The van der Waals surface area contributed by atoms with E-state index in [1.54, 1.807) is 7.11 Å². The fourth-order valence-corrected chi connectivity index (χ4v) is 1.37. The predicted molar refractivity (Wildman–Crippen MR) is 61.0 cm³/mol.